The second-order valence-electron chi connectivity index (χ2n) is 20.6. The van der Waals surface area contributed by atoms with Crippen LogP contribution in [0.5, 0.6) is 0 Å². The van der Waals surface area contributed by atoms with Gasteiger partial charge in [0.25, 0.3) is 6.71 Å². The molecule has 0 saturated carbocycles. The van der Waals surface area contributed by atoms with Crippen LogP contribution in [0.1, 0.15) is 51.7 Å². The quantitative estimate of drug-likeness (QED) is 0.135. The van der Waals surface area contributed by atoms with Gasteiger partial charge in [0.15, 0.2) is 0 Å². The maximum atomic E-state index is 6.67. The predicted octanol–water partition coefficient (Wildman–Crippen LogP) is 17.0. The first-order chi connectivity index (χ1) is 35.3. The van der Waals surface area contributed by atoms with E-state index < -0.39 is 0 Å². The molecule has 2 aliphatic heterocycles. The highest BCUT2D eigenvalue weighted by molar-refractivity contribution is 7.00. The average Bonchev–Trinajstić information content (AvgIpc) is 3.82. The van der Waals surface area contributed by atoms with Gasteiger partial charge in [0, 0.05) is 44.6 Å². The number of aryl methyl sites for hydroxylation is 1. The summed E-state index contributed by atoms with van der Waals surface area (Å²) in [5, 5.41) is 2.38. The first kappa shape index (κ1) is 43.7. The molecule has 10 aromatic carbocycles. The smallest absolute Gasteiger partial charge is 0.252 e. The summed E-state index contributed by atoms with van der Waals surface area (Å²) in [6.07, 6.45) is 3.06. The topological polar surface area (TPSA) is 19.6 Å². The molecule has 0 amide bonds. The third kappa shape index (κ3) is 7.19. The van der Waals surface area contributed by atoms with Gasteiger partial charge in [0.2, 0.25) is 0 Å². The van der Waals surface area contributed by atoms with E-state index in [0.717, 1.165) is 30.4 Å². The Bertz CT molecular complexity index is 3780. The molecule has 2 aliphatic rings. The minimum Gasteiger partial charge on any atom is -0.456 e. The second-order valence-corrected chi connectivity index (χ2v) is 20.6. The molecule has 0 aliphatic carbocycles. The summed E-state index contributed by atoms with van der Waals surface area (Å²) >= 11 is 0. The van der Waals surface area contributed by atoms with E-state index in [1.54, 1.807) is 0 Å². The maximum Gasteiger partial charge on any atom is 0.252 e. The van der Waals surface area contributed by atoms with Gasteiger partial charge in [-0.25, -0.2) is 0 Å². The molecule has 3 heterocycles. The van der Waals surface area contributed by atoms with Crippen LogP contribution in [0.15, 0.2) is 229 Å². The molecule has 0 unspecified atom stereocenters. The summed E-state index contributed by atoms with van der Waals surface area (Å²) in [6.45, 7) is 9.29. The van der Waals surface area contributed by atoms with Crippen LogP contribution in [0, 0.1) is 0 Å². The maximum absolute atomic E-state index is 6.67. The van der Waals surface area contributed by atoms with Crippen molar-refractivity contribution in [1.29, 1.82) is 0 Å². The summed E-state index contributed by atoms with van der Waals surface area (Å²) in [4.78, 5) is 5.29. The lowest BCUT2D eigenvalue weighted by Gasteiger charge is -2.46. The zero-order valence-electron chi connectivity index (χ0n) is 41.4. The van der Waals surface area contributed by atoms with E-state index >= 15 is 0 Å². The Balaban J connectivity index is 1.20. The molecular formula is C68H55BN2O. The summed E-state index contributed by atoms with van der Waals surface area (Å²) in [7, 11) is 0. The van der Waals surface area contributed by atoms with Crippen molar-refractivity contribution in [1.82, 2.24) is 0 Å². The summed E-state index contributed by atoms with van der Waals surface area (Å²) in [5.74, 6) is 0. The molecule has 346 valence electrons. The average molecular weight is 927 g/mol. The summed E-state index contributed by atoms with van der Waals surface area (Å²) < 4.78 is 6.67. The van der Waals surface area contributed by atoms with Gasteiger partial charge in [0.05, 0.1) is 11.4 Å². The lowest BCUT2D eigenvalue weighted by atomic mass is 9.33. The Morgan fingerprint density at radius 1 is 0.431 bits per heavy atom. The molecular weight excluding hydrogens is 872 g/mol. The fraction of sp³-hybridized carbons (Fsp3) is 0.118. The molecule has 0 fully saturated rings. The van der Waals surface area contributed by atoms with Gasteiger partial charge in [-0.1, -0.05) is 216 Å². The van der Waals surface area contributed by atoms with E-state index in [2.05, 4.69) is 262 Å². The van der Waals surface area contributed by atoms with Crippen LogP contribution in [0.4, 0.5) is 34.1 Å². The first-order valence-corrected chi connectivity index (χ1v) is 25.7. The van der Waals surface area contributed by atoms with Gasteiger partial charge in [-0.05, 0) is 122 Å². The van der Waals surface area contributed by atoms with Crippen LogP contribution in [0.3, 0.4) is 0 Å². The van der Waals surface area contributed by atoms with Crippen LogP contribution in [-0.2, 0) is 11.8 Å². The monoisotopic (exact) mass is 926 g/mol. The van der Waals surface area contributed by atoms with Crippen LogP contribution in [-0.4, -0.2) is 6.71 Å². The van der Waals surface area contributed by atoms with Crippen molar-refractivity contribution in [3.8, 4) is 44.5 Å². The zero-order chi connectivity index (χ0) is 48.5. The number of anilines is 6. The largest absolute Gasteiger partial charge is 0.456 e. The highest BCUT2D eigenvalue weighted by Gasteiger charge is 2.45. The number of benzene rings is 10. The number of rotatable bonds is 9. The molecule has 13 rings (SSSR count). The Morgan fingerprint density at radius 2 is 0.931 bits per heavy atom. The molecule has 1 aromatic heterocycles. The first-order valence-electron chi connectivity index (χ1n) is 25.7. The van der Waals surface area contributed by atoms with Gasteiger partial charge in [-0.3, -0.25) is 0 Å². The van der Waals surface area contributed by atoms with Crippen molar-refractivity contribution in [3.05, 3.63) is 236 Å². The van der Waals surface area contributed by atoms with E-state index in [0.29, 0.717) is 0 Å². The van der Waals surface area contributed by atoms with Crippen molar-refractivity contribution < 1.29 is 4.42 Å². The Hall–Kier alpha value is -8.34. The van der Waals surface area contributed by atoms with Crippen LogP contribution < -0.4 is 26.2 Å². The number of furan rings is 1. The lowest BCUT2D eigenvalue weighted by molar-refractivity contribution is 0.590. The number of fused-ring (bicyclic) bond motifs is 7. The highest BCUT2D eigenvalue weighted by Crippen LogP contribution is 2.52. The fourth-order valence-corrected chi connectivity index (χ4v) is 11.7. The van der Waals surface area contributed by atoms with Crippen molar-refractivity contribution in [2.45, 2.75) is 52.4 Å². The van der Waals surface area contributed by atoms with Crippen LogP contribution >= 0.6 is 0 Å². The van der Waals surface area contributed by atoms with Gasteiger partial charge in [-0.15, -0.1) is 0 Å². The van der Waals surface area contributed by atoms with E-state index in [4.69, 9.17) is 4.42 Å². The van der Waals surface area contributed by atoms with Crippen LogP contribution in [0.2, 0.25) is 0 Å². The van der Waals surface area contributed by atoms with E-state index in [1.165, 1.54) is 117 Å². The Labute approximate surface area is 423 Å². The fourth-order valence-electron chi connectivity index (χ4n) is 11.7. The third-order valence-corrected chi connectivity index (χ3v) is 15.2. The number of para-hydroxylation sites is 2. The number of hydrogen-bond acceptors (Lipinski definition) is 3. The van der Waals surface area contributed by atoms with Crippen molar-refractivity contribution in [3.63, 3.8) is 0 Å². The zero-order valence-corrected chi connectivity index (χ0v) is 41.4. The molecule has 3 nitrogen and oxygen atoms in total. The molecule has 0 atom stereocenters. The molecule has 0 N–H and O–H groups in total. The van der Waals surface area contributed by atoms with Gasteiger partial charge >= 0.3 is 0 Å². The highest BCUT2D eigenvalue weighted by atomic mass is 16.3. The lowest BCUT2D eigenvalue weighted by Crippen LogP contribution is -2.61. The minimum absolute atomic E-state index is 0.101. The number of unbranched alkanes of at least 4 members (excludes halogenated alkanes) is 1. The molecule has 11 aromatic rings. The number of nitrogens with zero attached hydrogens (tertiary/aromatic N) is 2. The second kappa shape index (κ2) is 17.5. The third-order valence-electron chi connectivity index (χ3n) is 15.2. The van der Waals surface area contributed by atoms with Gasteiger partial charge in [-0.2, -0.15) is 0 Å². The van der Waals surface area contributed by atoms with E-state index in [-0.39, 0.29) is 12.1 Å². The number of hydrogen-bond donors (Lipinski definition) is 0. The standard InChI is InChI=1S/C68H55BN2O/c1-5-6-30-54-58(39-40-64-65(54)55-31-19-20-34-63(55)72-64)70-59-37-35-49(45-22-11-7-12-23-45)41-56(59)69-57-42-50(46-24-13-8-14-25-46)36-38-60(57)71(62-44-51(68(2,3)4)43-61(70)66(62)69)67-52(47-26-15-9-16-27-47)32-21-33-53(67)48-28-17-10-18-29-48/h7-29,31-44H,5-6,30H2,1-4H3. The molecule has 4 heteroatoms. The molecule has 0 radical (unpaired) electrons. The van der Waals surface area contributed by atoms with Gasteiger partial charge in [0.1, 0.15) is 11.2 Å². The van der Waals surface area contributed by atoms with Gasteiger partial charge < -0.3 is 14.2 Å². The van der Waals surface area contributed by atoms with Crippen molar-refractivity contribution in [2.75, 3.05) is 9.80 Å². The molecule has 0 spiro atoms. The molecule has 0 bridgehead atoms. The molecule has 72 heavy (non-hydrogen) atoms. The van der Waals surface area contributed by atoms with Crippen molar-refractivity contribution >= 4 is 79.2 Å². The van der Waals surface area contributed by atoms with Crippen molar-refractivity contribution in [2.24, 2.45) is 0 Å². The predicted molar refractivity (Wildman–Crippen MR) is 307 cm³/mol. The SMILES string of the molecule is CCCCc1c(N2c3ccc(-c4ccccc4)cc3B3c4cc(-c5ccccc5)ccc4N(c4c(-c5ccccc5)cccc4-c4ccccc4)c4cc(C(C)(C)C)cc2c43)ccc2oc3ccccc3c12. The Morgan fingerprint density at radius 3 is 1.49 bits per heavy atom. The van der Waals surface area contributed by atoms with E-state index in [1.807, 2.05) is 0 Å². The van der Waals surface area contributed by atoms with Crippen LogP contribution in [0.25, 0.3) is 66.4 Å². The molecule has 0 saturated heterocycles. The van der Waals surface area contributed by atoms with E-state index in [9.17, 15) is 0 Å². The minimum atomic E-state index is -0.190. The summed E-state index contributed by atoms with van der Waals surface area (Å²) in [6, 6.07) is 83.4. The normalized spacial score (nSPS) is 12.8. The Kier molecular flexibility index (Phi) is 10.6. The summed E-state index contributed by atoms with van der Waals surface area (Å²) in [5.41, 5.74) is 24.9.